The zero-order valence-electron chi connectivity index (χ0n) is 14.3. The molecule has 0 saturated heterocycles. The van der Waals surface area contributed by atoms with Crippen LogP contribution in [0.5, 0.6) is 5.75 Å². The van der Waals surface area contributed by atoms with Crippen molar-refractivity contribution >= 4 is 28.8 Å². The summed E-state index contributed by atoms with van der Waals surface area (Å²) in [6.07, 6.45) is 1.90. The van der Waals surface area contributed by atoms with Crippen LogP contribution in [0, 0.1) is 0 Å². The van der Waals surface area contributed by atoms with Crippen molar-refractivity contribution in [1.29, 1.82) is 0 Å². The summed E-state index contributed by atoms with van der Waals surface area (Å²) in [5.41, 5.74) is 2.43. The lowest BCUT2D eigenvalue weighted by Gasteiger charge is -2.13. The van der Waals surface area contributed by atoms with Crippen LogP contribution in [0.15, 0.2) is 42.6 Å². The van der Waals surface area contributed by atoms with E-state index in [-0.39, 0.29) is 5.91 Å². The van der Waals surface area contributed by atoms with Gasteiger partial charge >= 0.3 is 0 Å². The summed E-state index contributed by atoms with van der Waals surface area (Å²) in [4.78, 5) is 19.3. The molecular weight excluding hydrogens is 340 g/mol. The maximum Gasteiger partial charge on any atom is 0.276 e. The van der Waals surface area contributed by atoms with E-state index >= 15 is 0 Å². The number of anilines is 1. The lowest BCUT2D eigenvalue weighted by atomic mass is 10.2. The third-order valence-electron chi connectivity index (χ3n) is 3.72. The molecule has 0 aliphatic carbocycles. The van der Waals surface area contributed by atoms with Gasteiger partial charge < -0.3 is 19.4 Å². The molecule has 0 unspecified atom stereocenters. The van der Waals surface area contributed by atoms with Gasteiger partial charge in [-0.05, 0) is 44.4 Å². The fraction of sp³-hybridized carbons (Fsp3) is 0.222. The van der Waals surface area contributed by atoms with E-state index in [9.17, 15) is 4.79 Å². The Hall–Kier alpha value is -2.57. The molecule has 0 radical (unpaired) electrons. The Labute approximate surface area is 151 Å². The van der Waals surface area contributed by atoms with Crippen molar-refractivity contribution in [3.05, 3.63) is 59.0 Å². The summed E-state index contributed by atoms with van der Waals surface area (Å²) in [5, 5.41) is 3.36. The first-order valence-corrected chi connectivity index (χ1v) is 8.13. The minimum absolute atomic E-state index is 0.305. The van der Waals surface area contributed by atoms with Crippen LogP contribution in [-0.2, 0) is 6.54 Å². The van der Waals surface area contributed by atoms with Crippen LogP contribution in [0.25, 0.3) is 5.65 Å². The molecule has 1 N–H and O–H groups in total. The fourth-order valence-corrected chi connectivity index (χ4v) is 2.81. The van der Waals surface area contributed by atoms with Gasteiger partial charge in [0, 0.05) is 17.8 Å². The lowest BCUT2D eigenvalue weighted by molar-refractivity contribution is 0.102. The predicted molar refractivity (Wildman–Crippen MR) is 98.5 cm³/mol. The van der Waals surface area contributed by atoms with Crippen molar-refractivity contribution in [2.75, 3.05) is 26.5 Å². The lowest BCUT2D eigenvalue weighted by Crippen LogP contribution is -2.19. The van der Waals surface area contributed by atoms with Gasteiger partial charge in [0.25, 0.3) is 5.91 Å². The molecule has 7 heteroatoms. The molecule has 0 saturated carbocycles. The number of methoxy groups -OCH3 is 1. The molecule has 0 fully saturated rings. The van der Waals surface area contributed by atoms with Crippen molar-refractivity contribution in [3.63, 3.8) is 0 Å². The molecule has 0 atom stereocenters. The summed E-state index contributed by atoms with van der Waals surface area (Å²) < 4.78 is 7.20. The smallest absolute Gasteiger partial charge is 0.276 e. The Bertz CT molecular complexity index is 921. The van der Waals surface area contributed by atoms with Gasteiger partial charge in [-0.3, -0.25) is 4.79 Å². The third-order valence-corrected chi connectivity index (χ3v) is 3.95. The maximum atomic E-state index is 12.9. The minimum Gasteiger partial charge on any atom is -0.495 e. The van der Waals surface area contributed by atoms with E-state index in [4.69, 9.17) is 16.3 Å². The first kappa shape index (κ1) is 17.3. The van der Waals surface area contributed by atoms with Crippen LogP contribution < -0.4 is 10.1 Å². The zero-order chi connectivity index (χ0) is 18.0. The second-order valence-electron chi connectivity index (χ2n) is 5.87. The van der Waals surface area contributed by atoms with Crippen LogP contribution in [0.2, 0.25) is 5.02 Å². The average Bonchev–Trinajstić information content (AvgIpc) is 2.93. The van der Waals surface area contributed by atoms with Crippen molar-refractivity contribution in [1.82, 2.24) is 14.3 Å². The number of pyridine rings is 1. The Morgan fingerprint density at radius 2 is 2.12 bits per heavy atom. The number of imidazole rings is 1. The van der Waals surface area contributed by atoms with E-state index in [1.54, 1.807) is 25.3 Å². The number of benzene rings is 1. The molecule has 130 valence electrons. The maximum absolute atomic E-state index is 12.9. The van der Waals surface area contributed by atoms with Crippen LogP contribution in [0.3, 0.4) is 0 Å². The highest BCUT2D eigenvalue weighted by Crippen LogP contribution is 2.28. The number of amides is 1. The van der Waals surface area contributed by atoms with E-state index in [0.29, 0.717) is 28.7 Å². The first-order chi connectivity index (χ1) is 12.0. The Morgan fingerprint density at radius 1 is 1.32 bits per heavy atom. The predicted octanol–water partition coefficient (Wildman–Crippen LogP) is 3.31. The topological polar surface area (TPSA) is 58.9 Å². The number of ether oxygens (including phenoxy) is 1. The van der Waals surface area contributed by atoms with Gasteiger partial charge in [-0.2, -0.15) is 0 Å². The molecule has 1 aromatic carbocycles. The van der Waals surface area contributed by atoms with Gasteiger partial charge in [0.15, 0.2) is 5.69 Å². The Kier molecular flexibility index (Phi) is 4.92. The van der Waals surface area contributed by atoms with Crippen molar-refractivity contribution < 1.29 is 9.53 Å². The number of fused-ring (bicyclic) bond motifs is 1. The second kappa shape index (κ2) is 7.13. The van der Waals surface area contributed by atoms with Crippen LogP contribution >= 0.6 is 11.6 Å². The average molecular weight is 359 g/mol. The third kappa shape index (κ3) is 3.60. The molecule has 0 aliphatic rings. The first-order valence-electron chi connectivity index (χ1n) is 7.75. The van der Waals surface area contributed by atoms with Crippen molar-refractivity contribution in [2.24, 2.45) is 0 Å². The monoisotopic (exact) mass is 358 g/mol. The highest BCUT2D eigenvalue weighted by molar-refractivity contribution is 6.31. The number of carbonyl (C=O) groups excluding carboxylic acids is 1. The summed E-state index contributed by atoms with van der Waals surface area (Å²) in [6.45, 7) is 0.584. The number of nitrogens with zero attached hydrogens (tertiary/aromatic N) is 3. The van der Waals surface area contributed by atoms with E-state index in [0.717, 1.165) is 11.3 Å². The number of halogens is 1. The SMILES string of the molecule is COc1ccc(Cl)cc1NC(=O)c1nc2ccccn2c1CN(C)C. The van der Waals surface area contributed by atoms with Crippen LogP contribution in [-0.4, -0.2) is 41.4 Å². The Morgan fingerprint density at radius 3 is 2.84 bits per heavy atom. The molecule has 3 aromatic rings. The molecule has 2 aromatic heterocycles. The highest BCUT2D eigenvalue weighted by Gasteiger charge is 2.20. The number of aromatic nitrogens is 2. The summed E-state index contributed by atoms with van der Waals surface area (Å²) in [6, 6.07) is 10.7. The van der Waals surface area contributed by atoms with E-state index in [2.05, 4.69) is 10.3 Å². The molecule has 0 spiro atoms. The van der Waals surface area contributed by atoms with Gasteiger partial charge in [-0.1, -0.05) is 17.7 Å². The fourth-order valence-electron chi connectivity index (χ4n) is 2.64. The van der Waals surface area contributed by atoms with Gasteiger partial charge in [0.05, 0.1) is 18.5 Å². The molecule has 0 aliphatic heterocycles. The normalized spacial score (nSPS) is 11.1. The van der Waals surface area contributed by atoms with E-state index in [1.165, 1.54) is 0 Å². The van der Waals surface area contributed by atoms with Gasteiger partial charge in [0.2, 0.25) is 0 Å². The molecule has 6 nitrogen and oxygen atoms in total. The number of carbonyl (C=O) groups is 1. The van der Waals surface area contributed by atoms with E-state index < -0.39 is 0 Å². The summed E-state index contributed by atoms with van der Waals surface area (Å²) in [7, 11) is 5.44. The molecule has 0 bridgehead atoms. The van der Waals surface area contributed by atoms with Crippen LogP contribution in [0.4, 0.5) is 5.69 Å². The quantitative estimate of drug-likeness (QED) is 0.760. The highest BCUT2D eigenvalue weighted by atomic mass is 35.5. The standard InChI is InChI=1S/C18H19ClN4O2/c1-22(2)11-14-17(21-16-6-4-5-9-23(14)16)18(24)20-13-10-12(19)7-8-15(13)25-3/h4-10H,11H2,1-3H3,(H,20,24). The summed E-state index contributed by atoms with van der Waals surface area (Å²) in [5.74, 6) is 0.233. The van der Waals surface area contributed by atoms with Gasteiger partial charge in [0.1, 0.15) is 11.4 Å². The molecule has 1 amide bonds. The molecular formula is C18H19ClN4O2. The number of rotatable bonds is 5. The molecule has 3 rings (SSSR count). The largest absolute Gasteiger partial charge is 0.495 e. The summed E-state index contributed by atoms with van der Waals surface area (Å²) >= 11 is 6.03. The van der Waals surface area contributed by atoms with Crippen LogP contribution in [0.1, 0.15) is 16.2 Å². The van der Waals surface area contributed by atoms with Crippen molar-refractivity contribution in [2.45, 2.75) is 6.54 Å². The number of nitrogens with one attached hydrogen (secondary N) is 1. The molecule has 2 heterocycles. The zero-order valence-corrected chi connectivity index (χ0v) is 15.0. The van der Waals surface area contributed by atoms with Gasteiger partial charge in [-0.15, -0.1) is 0 Å². The molecule has 25 heavy (non-hydrogen) atoms. The minimum atomic E-state index is -0.305. The van der Waals surface area contributed by atoms with Crippen molar-refractivity contribution in [3.8, 4) is 5.75 Å². The van der Waals surface area contributed by atoms with E-state index in [1.807, 2.05) is 47.8 Å². The number of hydrogen-bond acceptors (Lipinski definition) is 4. The second-order valence-corrected chi connectivity index (χ2v) is 6.31. The Balaban J connectivity index is 2.01. The number of hydrogen-bond donors (Lipinski definition) is 1. The van der Waals surface area contributed by atoms with Gasteiger partial charge in [-0.25, -0.2) is 4.98 Å².